The molecule has 1 N–H and O–H groups in total. The Morgan fingerprint density at radius 3 is 2.14 bits per heavy atom. The minimum absolute atomic E-state index is 0. The molecule has 0 aromatic heterocycles. The molecule has 0 aromatic rings. The van der Waals surface area contributed by atoms with Gasteiger partial charge in [0.1, 0.15) is 0 Å². The molecule has 0 spiro atoms. The second-order valence-electron chi connectivity index (χ2n) is 0.681. The summed E-state index contributed by atoms with van der Waals surface area (Å²) in [5, 5.41) is 9.71. The smallest absolute Gasteiger partial charge is 0.328 e. The van der Waals surface area contributed by atoms with Crippen molar-refractivity contribution in [2.24, 2.45) is 5.18 Å². The number of carboxylic acid groups (broad SMARTS) is 1. The Morgan fingerprint density at radius 1 is 1.71 bits per heavy atom. The van der Waals surface area contributed by atoms with Crippen molar-refractivity contribution in [1.29, 1.82) is 0 Å². The second-order valence-corrected chi connectivity index (χ2v) is 0.681. The summed E-state index contributed by atoms with van der Waals surface area (Å²) in [5.41, 5.74) is 0. The third kappa shape index (κ3) is 10.7. The Hall–Kier alpha value is -0.281. The Morgan fingerprint density at radius 2 is 2.14 bits per heavy atom. The summed E-state index contributed by atoms with van der Waals surface area (Å²) < 4.78 is 0. The van der Waals surface area contributed by atoms with Crippen molar-refractivity contribution in [1.82, 2.24) is 0 Å². The van der Waals surface area contributed by atoms with Crippen LogP contribution in [0.5, 0.6) is 0 Å². The van der Waals surface area contributed by atoms with Crippen LogP contribution in [0.3, 0.4) is 0 Å². The standard InChI is InChI=1S/C2H3NO3.Ir/c4-2(5)1-3-6;/h1H2,(H,4,5);. The molecule has 0 aliphatic rings. The summed E-state index contributed by atoms with van der Waals surface area (Å²) in [6.45, 7) is -0.639. The molecule has 1 radical (unpaired) electrons. The van der Waals surface area contributed by atoms with E-state index in [-0.39, 0.29) is 20.1 Å². The van der Waals surface area contributed by atoms with Gasteiger partial charge in [-0.15, -0.1) is 0 Å². The quantitative estimate of drug-likeness (QED) is 0.715. The molecule has 7 heavy (non-hydrogen) atoms. The van der Waals surface area contributed by atoms with E-state index in [2.05, 4.69) is 5.18 Å². The number of nitrogens with zero attached hydrogens (tertiary/aromatic N) is 1. The monoisotopic (exact) mass is 282 g/mol. The summed E-state index contributed by atoms with van der Waals surface area (Å²) in [7, 11) is 0. The molecule has 0 aliphatic heterocycles. The van der Waals surface area contributed by atoms with E-state index in [1.807, 2.05) is 0 Å². The minimum atomic E-state index is -1.19. The van der Waals surface area contributed by atoms with E-state index in [0.29, 0.717) is 0 Å². The molecular weight excluding hydrogens is 278 g/mol. The van der Waals surface area contributed by atoms with Crippen molar-refractivity contribution in [3.63, 3.8) is 0 Å². The van der Waals surface area contributed by atoms with Crippen LogP contribution in [0.15, 0.2) is 5.18 Å². The topological polar surface area (TPSA) is 66.7 Å². The Kier molecular flexibility index (Phi) is 8.06. The van der Waals surface area contributed by atoms with Crippen molar-refractivity contribution < 1.29 is 30.0 Å². The van der Waals surface area contributed by atoms with Crippen LogP contribution in [0.2, 0.25) is 0 Å². The third-order valence-corrected chi connectivity index (χ3v) is 0.200. The first-order chi connectivity index (χ1) is 2.77. The molecule has 0 aliphatic carbocycles. The third-order valence-electron chi connectivity index (χ3n) is 0.200. The zero-order chi connectivity index (χ0) is 4.99. The summed E-state index contributed by atoms with van der Waals surface area (Å²) in [5.74, 6) is -1.19. The van der Waals surface area contributed by atoms with Gasteiger partial charge in [0.25, 0.3) is 0 Å². The van der Waals surface area contributed by atoms with E-state index in [9.17, 15) is 4.79 Å². The molecule has 0 unspecified atom stereocenters. The fraction of sp³-hybridized carbons (Fsp3) is 0.500. The fourth-order valence-electron chi connectivity index (χ4n) is 0.0552. The van der Waals surface area contributed by atoms with Crippen molar-refractivity contribution in [3.8, 4) is 0 Å². The molecule has 0 amide bonds. The molecule has 0 atom stereocenters. The fourth-order valence-corrected chi connectivity index (χ4v) is 0.0552. The first-order valence-corrected chi connectivity index (χ1v) is 1.28. The summed E-state index contributed by atoms with van der Waals surface area (Å²) in [6, 6.07) is 0. The number of hydrogen-bond donors (Lipinski definition) is 1. The predicted molar refractivity (Wildman–Crippen MR) is 18.3 cm³/mol. The number of hydrogen-bond acceptors (Lipinski definition) is 3. The molecule has 0 bridgehead atoms. The van der Waals surface area contributed by atoms with Gasteiger partial charge in [-0.05, 0) is 0 Å². The largest absolute Gasteiger partial charge is 0.480 e. The van der Waals surface area contributed by atoms with E-state index >= 15 is 0 Å². The van der Waals surface area contributed by atoms with E-state index < -0.39 is 12.5 Å². The maximum Gasteiger partial charge on any atom is 0.328 e. The number of nitroso groups, excluding NO2 is 1. The van der Waals surface area contributed by atoms with Crippen molar-refractivity contribution in [2.75, 3.05) is 6.54 Å². The zero-order valence-electron chi connectivity index (χ0n) is 3.25. The van der Waals surface area contributed by atoms with Crippen LogP contribution in [0.1, 0.15) is 0 Å². The van der Waals surface area contributed by atoms with Crippen LogP contribution in [-0.2, 0) is 24.9 Å². The molecule has 0 fully saturated rings. The molecular formula is C2H3IrNO3. The van der Waals surface area contributed by atoms with Gasteiger partial charge in [0, 0.05) is 20.1 Å². The van der Waals surface area contributed by atoms with Gasteiger partial charge >= 0.3 is 5.97 Å². The van der Waals surface area contributed by atoms with E-state index in [0.717, 1.165) is 0 Å². The average Bonchev–Trinajstić information content (AvgIpc) is 1.35. The molecule has 43 valence electrons. The van der Waals surface area contributed by atoms with Gasteiger partial charge in [-0.3, -0.25) is 4.79 Å². The van der Waals surface area contributed by atoms with Crippen molar-refractivity contribution in [3.05, 3.63) is 4.91 Å². The summed E-state index contributed by atoms with van der Waals surface area (Å²) in [6.07, 6.45) is 0. The average molecular weight is 281 g/mol. The molecule has 4 nitrogen and oxygen atoms in total. The van der Waals surface area contributed by atoms with Gasteiger partial charge in [-0.2, -0.15) is 4.91 Å². The number of rotatable bonds is 2. The SMILES string of the molecule is O=NCC(=O)O.[Ir]. The van der Waals surface area contributed by atoms with Crippen LogP contribution in [0, 0.1) is 4.91 Å². The van der Waals surface area contributed by atoms with Gasteiger partial charge in [0.2, 0.25) is 0 Å². The number of carboxylic acids is 1. The van der Waals surface area contributed by atoms with Gasteiger partial charge in [-0.25, -0.2) is 0 Å². The Balaban J connectivity index is 0. The summed E-state index contributed by atoms with van der Waals surface area (Å²) in [4.78, 5) is 18.3. The van der Waals surface area contributed by atoms with Crippen LogP contribution < -0.4 is 0 Å². The number of carbonyl (C=O) groups is 1. The van der Waals surface area contributed by atoms with Crippen LogP contribution in [-0.4, -0.2) is 17.6 Å². The van der Waals surface area contributed by atoms with Gasteiger partial charge in [-0.1, -0.05) is 5.18 Å². The zero-order valence-corrected chi connectivity index (χ0v) is 5.65. The van der Waals surface area contributed by atoms with Gasteiger partial charge in [0.05, 0.1) is 0 Å². The summed E-state index contributed by atoms with van der Waals surface area (Å²) >= 11 is 0. The van der Waals surface area contributed by atoms with E-state index in [4.69, 9.17) is 10.0 Å². The second kappa shape index (κ2) is 5.72. The molecule has 0 rings (SSSR count). The van der Waals surface area contributed by atoms with Gasteiger partial charge < -0.3 is 5.11 Å². The van der Waals surface area contributed by atoms with Gasteiger partial charge in [0.15, 0.2) is 6.54 Å². The van der Waals surface area contributed by atoms with Crippen LogP contribution in [0.25, 0.3) is 0 Å². The molecule has 0 aromatic carbocycles. The van der Waals surface area contributed by atoms with Crippen LogP contribution >= 0.6 is 0 Å². The first-order valence-electron chi connectivity index (χ1n) is 1.28. The molecule has 0 saturated carbocycles. The van der Waals surface area contributed by atoms with Crippen molar-refractivity contribution >= 4 is 5.97 Å². The Labute approximate surface area is 53.2 Å². The van der Waals surface area contributed by atoms with E-state index in [1.54, 1.807) is 0 Å². The minimum Gasteiger partial charge on any atom is -0.480 e. The number of aliphatic carboxylic acids is 1. The Bertz CT molecular complexity index is 73.3. The molecule has 0 saturated heterocycles. The first kappa shape index (κ1) is 9.87. The van der Waals surface area contributed by atoms with Crippen molar-refractivity contribution in [2.45, 2.75) is 0 Å². The molecule has 5 heteroatoms. The van der Waals surface area contributed by atoms with Crippen LogP contribution in [0.4, 0.5) is 0 Å². The maximum atomic E-state index is 9.31. The molecule has 0 heterocycles. The maximum absolute atomic E-state index is 9.31. The van der Waals surface area contributed by atoms with E-state index in [1.165, 1.54) is 0 Å². The normalized spacial score (nSPS) is 6.29. The predicted octanol–water partition coefficient (Wildman–Crippen LogP) is -0.165.